The Hall–Kier alpha value is -1.70. The summed E-state index contributed by atoms with van der Waals surface area (Å²) in [5.41, 5.74) is 6.40. The topological polar surface area (TPSA) is 87.8 Å². The third-order valence-electron chi connectivity index (χ3n) is 5.24. The van der Waals surface area contributed by atoms with Crippen molar-refractivity contribution in [2.24, 2.45) is 5.73 Å². The average Bonchev–Trinajstić information content (AvgIpc) is 2.57. The Labute approximate surface area is 147 Å². The zero-order chi connectivity index (χ0) is 18.0. The Kier molecular flexibility index (Phi) is 5.27. The van der Waals surface area contributed by atoms with Gasteiger partial charge >= 0.3 is 0 Å². The molecule has 1 aromatic carbocycles. The molecule has 1 aliphatic carbocycles. The Morgan fingerprint density at radius 2 is 2.12 bits per heavy atom. The van der Waals surface area contributed by atoms with E-state index in [1.54, 1.807) is 13.2 Å². The number of aliphatic hydroxyl groups excluding tert-OH is 1. The Morgan fingerprint density at radius 3 is 2.72 bits per heavy atom. The summed E-state index contributed by atoms with van der Waals surface area (Å²) in [7, 11) is 1.61. The van der Waals surface area contributed by atoms with E-state index in [0.717, 1.165) is 0 Å². The number of ether oxygens (including phenoxy) is 1. The lowest BCUT2D eigenvalue weighted by Gasteiger charge is -2.42. The minimum atomic E-state index is -0.881. The second-order valence-corrected chi connectivity index (χ2v) is 7.11. The molecule has 1 aromatic rings. The molecule has 2 aliphatic rings. The second-order valence-electron chi connectivity index (χ2n) is 7.11. The van der Waals surface area contributed by atoms with Crippen molar-refractivity contribution in [2.75, 3.05) is 25.1 Å². The first kappa shape index (κ1) is 18.1. The number of aliphatic hydroxyl groups is 1. The summed E-state index contributed by atoms with van der Waals surface area (Å²) >= 11 is 0. The van der Waals surface area contributed by atoms with Crippen LogP contribution in [-0.4, -0.2) is 49.0 Å². The van der Waals surface area contributed by atoms with Crippen molar-refractivity contribution in [3.8, 4) is 0 Å². The molecule has 1 amide bonds. The summed E-state index contributed by atoms with van der Waals surface area (Å²) < 4.78 is 19.6. The number of methoxy groups -OCH3 is 1. The fourth-order valence-corrected chi connectivity index (χ4v) is 3.49. The first-order valence-electron chi connectivity index (χ1n) is 8.73. The van der Waals surface area contributed by atoms with Crippen molar-refractivity contribution >= 4 is 11.6 Å². The molecule has 0 radical (unpaired) electrons. The highest BCUT2D eigenvalue weighted by molar-refractivity contribution is 5.87. The highest BCUT2D eigenvalue weighted by atomic mass is 19.1. The molecule has 6 nitrogen and oxygen atoms in total. The number of benzene rings is 1. The normalized spacial score (nSPS) is 27.0. The van der Waals surface area contributed by atoms with Crippen molar-refractivity contribution in [1.29, 1.82) is 0 Å². The number of nitrogens with two attached hydrogens (primary N) is 1. The quantitative estimate of drug-likeness (QED) is 0.734. The number of nitrogens with zero attached hydrogens (tertiary/aromatic N) is 1. The third-order valence-corrected chi connectivity index (χ3v) is 5.24. The van der Waals surface area contributed by atoms with Gasteiger partial charge in [0.2, 0.25) is 5.91 Å². The fourth-order valence-electron chi connectivity index (χ4n) is 3.49. The van der Waals surface area contributed by atoms with Gasteiger partial charge in [0.25, 0.3) is 0 Å². The van der Waals surface area contributed by atoms with Gasteiger partial charge in [-0.1, -0.05) is 6.07 Å². The second kappa shape index (κ2) is 7.27. The molecule has 3 rings (SSSR count). The molecule has 25 heavy (non-hydrogen) atoms. The smallest absolute Gasteiger partial charge is 0.240 e. The number of halogens is 1. The lowest BCUT2D eigenvalue weighted by Crippen LogP contribution is -2.64. The highest BCUT2D eigenvalue weighted by Gasteiger charge is 2.47. The lowest BCUT2D eigenvalue weighted by atomic mass is 9.74. The van der Waals surface area contributed by atoms with E-state index in [4.69, 9.17) is 10.5 Å². The van der Waals surface area contributed by atoms with E-state index in [1.807, 2.05) is 11.0 Å². The van der Waals surface area contributed by atoms with Gasteiger partial charge in [-0.25, -0.2) is 4.39 Å². The van der Waals surface area contributed by atoms with E-state index in [9.17, 15) is 14.3 Å². The minimum absolute atomic E-state index is 0.0375. The van der Waals surface area contributed by atoms with Crippen LogP contribution in [0.1, 0.15) is 31.2 Å². The Bertz CT molecular complexity index is 626. The van der Waals surface area contributed by atoms with Crippen molar-refractivity contribution < 1.29 is 19.0 Å². The number of amides is 1. The number of carbonyl (C=O) groups excluding carboxylic acids is 1. The zero-order valence-corrected chi connectivity index (χ0v) is 14.5. The minimum Gasteiger partial charge on any atom is -0.393 e. The number of hydrogen-bond acceptors (Lipinski definition) is 5. The first-order chi connectivity index (χ1) is 11.9. The molecule has 0 spiro atoms. The maximum absolute atomic E-state index is 14.4. The summed E-state index contributed by atoms with van der Waals surface area (Å²) in [6, 6.07) is 4.99. The Balaban J connectivity index is 1.55. The van der Waals surface area contributed by atoms with Crippen LogP contribution in [0.2, 0.25) is 0 Å². The fraction of sp³-hybridized carbons (Fsp3) is 0.611. The van der Waals surface area contributed by atoms with Gasteiger partial charge in [-0.05, 0) is 30.5 Å². The summed E-state index contributed by atoms with van der Waals surface area (Å²) in [5, 5.41) is 12.3. The predicted molar refractivity (Wildman–Crippen MR) is 92.6 cm³/mol. The molecule has 1 aliphatic heterocycles. The molecule has 0 bridgehead atoms. The van der Waals surface area contributed by atoms with Gasteiger partial charge in [-0.3, -0.25) is 4.79 Å². The monoisotopic (exact) mass is 351 g/mol. The number of hydrogen-bond donors (Lipinski definition) is 3. The largest absolute Gasteiger partial charge is 0.393 e. The van der Waals surface area contributed by atoms with E-state index >= 15 is 0 Å². The van der Waals surface area contributed by atoms with Gasteiger partial charge in [0.05, 0.1) is 17.9 Å². The van der Waals surface area contributed by atoms with E-state index in [-0.39, 0.29) is 30.5 Å². The van der Waals surface area contributed by atoms with Crippen molar-refractivity contribution in [3.63, 3.8) is 0 Å². The van der Waals surface area contributed by atoms with E-state index < -0.39 is 5.54 Å². The maximum atomic E-state index is 14.4. The van der Waals surface area contributed by atoms with Gasteiger partial charge in [0.15, 0.2) is 0 Å². The number of piperidine rings is 1. The van der Waals surface area contributed by atoms with Gasteiger partial charge in [-0.15, -0.1) is 0 Å². The van der Waals surface area contributed by atoms with E-state index in [2.05, 4.69) is 5.32 Å². The first-order valence-corrected chi connectivity index (χ1v) is 8.73. The van der Waals surface area contributed by atoms with Crippen LogP contribution in [0.3, 0.4) is 0 Å². The summed E-state index contributed by atoms with van der Waals surface area (Å²) in [4.78, 5) is 14.1. The van der Waals surface area contributed by atoms with Gasteiger partial charge < -0.3 is 25.8 Å². The zero-order valence-electron chi connectivity index (χ0n) is 14.5. The molecule has 7 heteroatoms. The molecule has 0 unspecified atom stereocenters. The molecule has 2 fully saturated rings. The van der Waals surface area contributed by atoms with Crippen LogP contribution >= 0.6 is 0 Å². The lowest BCUT2D eigenvalue weighted by molar-refractivity contribution is -0.135. The van der Waals surface area contributed by atoms with Crippen molar-refractivity contribution in [1.82, 2.24) is 5.32 Å². The van der Waals surface area contributed by atoms with Crippen LogP contribution in [0.25, 0.3) is 0 Å². The van der Waals surface area contributed by atoms with Gasteiger partial charge in [0.1, 0.15) is 11.4 Å². The van der Waals surface area contributed by atoms with Crippen molar-refractivity contribution in [3.05, 3.63) is 29.6 Å². The van der Waals surface area contributed by atoms with Gasteiger partial charge in [-0.2, -0.15) is 0 Å². The SMILES string of the molecule is COC1CC(N)(C(=O)NCc2ccc(N3CCC(O)CC3)c(F)c2)C1. The number of anilines is 1. The average molecular weight is 351 g/mol. The standard InChI is InChI=1S/C18H26FN3O3/c1-25-14-9-18(20,10-14)17(24)21-11-12-2-3-16(15(19)8-12)22-6-4-13(23)5-7-22/h2-3,8,13-14,23H,4-7,9-11,20H2,1H3,(H,21,24). The molecular weight excluding hydrogens is 325 g/mol. The van der Waals surface area contributed by atoms with E-state index in [0.29, 0.717) is 50.0 Å². The highest BCUT2D eigenvalue weighted by Crippen LogP contribution is 2.32. The van der Waals surface area contributed by atoms with Gasteiger partial charge in [0, 0.05) is 39.6 Å². The van der Waals surface area contributed by atoms with Crippen LogP contribution in [0.15, 0.2) is 18.2 Å². The predicted octanol–water partition coefficient (Wildman–Crippen LogP) is 0.909. The molecule has 1 heterocycles. The molecule has 1 saturated carbocycles. The molecule has 0 aromatic heterocycles. The third kappa shape index (κ3) is 3.94. The Morgan fingerprint density at radius 1 is 1.44 bits per heavy atom. The number of carbonyl (C=O) groups is 1. The van der Waals surface area contributed by atoms with Crippen LogP contribution in [0, 0.1) is 5.82 Å². The number of rotatable bonds is 5. The van der Waals surface area contributed by atoms with Crippen LogP contribution < -0.4 is 16.0 Å². The molecule has 1 saturated heterocycles. The summed E-state index contributed by atoms with van der Waals surface area (Å²) in [6.07, 6.45) is 2.06. The molecule has 138 valence electrons. The summed E-state index contributed by atoms with van der Waals surface area (Å²) in [5.74, 6) is -0.538. The van der Waals surface area contributed by atoms with Crippen LogP contribution in [0.5, 0.6) is 0 Å². The summed E-state index contributed by atoms with van der Waals surface area (Å²) in [6.45, 7) is 1.53. The molecule has 4 N–H and O–H groups in total. The van der Waals surface area contributed by atoms with Crippen LogP contribution in [0.4, 0.5) is 10.1 Å². The molecule has 0 atom stereocenters. The van der Waals surface area contributed by atoms with E-state index in [1.165, 1.54) is 6.07 Å². The molecular formula is C18H26FN3O3. The number of nitrogens with one attached hydrogen (secondary N) is 1. The van der Waals surface area contributed by atoms with Crippen molar-refractivity contribution in [2.45, 2.75) is 50.0 Å². The maximum Gasteiger partial charge on any atom is 0.240 e. The van der Waals surface area contributed by atoms with Crippen LogP contribution in [-0.2, 0) is 16.1 Å².